The van der Waals surface area contributed by atoms with Crippen LogP contribution in [0.25, 0.3) is 0 Å². The van der Waals surface area contributed by atoms with Gasteiger partial charge in [0, 0.05) is 6.54 Å². The van der Waals surface area contributed by atoms with E-state index in [0.29, 0.717) is 12.8 Å². The zero-order valence-corrected chi connectivity index (χ0v) is 13.8. The molecule has 0 bridgehead atoms. The number of esters is 1. The van der Waals surface area contributed by atoms with Crippen molar-refractivity contribution >= 4 is 26.0 Å². The molecule has 0 heterocycles. The van der Waals surface area contributed by atoms with Crippen LogP contribution < -0.4 is 9.44 Å². The van der Waals surface area contributed by atoms with Gasteiger partial charge in [-0.2, -0.15) is 4.72 Å². The van der Waals surface area contributed by atoms with Crippen LogP contribution in [0.3, 0.4) is 0 Å². The highest BCUT2D eigenvalue weighted by Crippen LogP contribution is 2.31. The molecule has 0 amide bonds. The third-order valence-electron chi connectivity index (χ3n) is 3.46. The van der Waals surface area contributed by atoms with Crippen LogP contribution in [0.2, 0.25) is 0 Å². The number of ether oxygens (including phenoxy) is 1. The van der Waals surface area contributed by atoms with Crippen molar-refractivity contribution in [3.05, 3.63) is 0 Å². The van der Waals surface area contributed by atoms with Crippen LogP contribution in [-0.2, 0) is 29.6 Å². The van der Waals surface area contributed by atoms with Crippen LogP contribution in [0.1, 0.15) is 32.6 Å². The average Bonchev–Trinajstić information content (AvgIpc) is 2.86. The van der Waals surface area contributed by atoms with Crippen LogP contribution in [0, 0.1) is 0 Å². The molecule has 124 valence electrons. The molecule has 0 unspecified atom stereocenters. The van der Waals surface area contributed by atoms with Gasteiger partial charge < -0.3 is 4.74 Å². The van der Waals surface area contributed by atoms with Gasteiger partial charge in [-0.3, -0.25) is 4.79 Å². The first-order chi connectivity index (χ1) is 9.66. The van der Waals surface area contributed by atoms with Crippen LogP contribution in [0.5, 0.6) is 0 Å². The largest absolute Gasteiger partial charge is 0.468 e. The van der Waals surface area contributed by atoms with E-state index < -0.39 is 37.3 Å². The second kappa shape index (κ2) is 7.03. The molecule has 0 atom stereocenters. The number of sulfonamides is 2. The molecule has 0 aromatic carbocycles. The second-order valence-electron chi connectivity index (χ2n) is 5.00. The molecule has 0 aliphatic heterocycles. The maximum atomic E-state index is 12.0. The van der Waals surface area contributed by atoms with E-state index in [-0.39, 0.29) is 12.3 Å². The number of hydrogen-bond acceptors (Lipinski definition) is 6. The van der Waals surface area contributed by atoms with Crippen molar-refractivity contribution in [1.29, 1.82) is 0 Å². The highest BCUT2D eigenvalue weighted by atomic mass is 32.2. The summed E-state index contributed by atoms with van der Waals surface area (Å²) in [5, 5.41) is 0. The fourth-order valence-corrected chi connectivity index (χ4v) is 4.41. The molecule has 2 N–H and O–H groups in total. The summed E-state index contributed by atoms with van der Waals surface area (Å²) >= 11 is 0. The number of carbonyl (C=O) groups excluding carboxylic acids is 1. The molecule has 8 nitrogen and oxygen atoms in total. The fraction of sp³-hybridized carbons (Fsp3) is 0.909. The molecule has 1 fully saturated rings. The van der Waals surface area contributed by atoms with Crippen LogP contribution in [0.4, 0.5) is 0 Å². The Morgan fingerprint density at radius 1 is 1.14 bits per heavy atom. The topological polar surface area (TPSA) is 119 Å². The van der Waals surface area contributed by atoms with Crippen LogP contribution in [-0.4, -0.2) is 53.5 Å². The summed E-state index contributed by atoms with van der Waals surface area (Å²) in [6, 6.07) is 0. The molecule has 1 aliphatic carbocycles. The predicted octanol–water partition coefficient (Wildman–Crippen LogP) is -0.669. The number of rotatable bonds is 8. The van der Waals surface area contributed by atoms with Gasteiger partial charge in [0.25, 0.3) is 0 Å². The Kier molecular flexibility index (Phi) is 6.14. The van der Waals surface area contributed by atoms with E-state index in [1.807, 2.05) is 0 Å². The average molecular weight is 342 g/mol. The zero-order valence-electron chi connectivity index (χ0n) is 12.2. The quantitative estimate of drug-likeness (QED) is 0.565. The first kappa shape index (κ1) is 18.3. The van der Waals surface area contributed by atoms with Crippen LogP contribution in [0.15, 0.2) is 0 Å². The molecule has 0 spiro atoms. The Balaban J connectivity index is 2.68. The molecule has 0 radical (unpaired) electrons. The summed E-state index contributed by atoms with van der Waals surface area (Å²) in [5.41, 5.74) is -1.21. The highest BCUT2D eigenvalue weighted by Gasteiger charge is 2.45. The summed E-state index contributed by atoms with van der Waals surface area (Å²) in [4.78, 5) is 11.8. The summed E-state index contributed by atoms with van der Waals surface area (Å²) in [6.07, 6.45) is 2.25. The molecular weight excluding hydrogens is 320 g/mol. The molecule has 0 saturated heterocycles. The number of carbonyl (C=O) groups is 1. The first-order valence-electron chi connectivity index (χ1n) is 6.74. The molecule has 10 heteroatoms. The molecular formula is C11H22N2O6S2. The Morgan fingerprint density at radius 3 is 2.19 bits per heavy atom. The minimum Gasteiger partial charge on any atom is -0.468 e. The molecule has 0 aromatic heterocycles. The lowest BCUT2D eigenvalue weighted by atomic mass is 10.00. The fourth-order valence-electron chi connectivity index (χ4n) is 2.30. The molecule has 21 heavy (non-hydrogen) atoms. The van der Waals surface area contributed by atoms with Crippen molar-refractivity contribution in [2.24, 2.45) is 0 Å². The van der Waals surface area contributed by atoms with Gasteiger partial charge in [0.05, 0.1) is 18.6 Å². The van der Waals surface area contributed by atoms with Crippen molar-refractivity contribution < 1.29 is 26.4 Å². The van der Waals surface area contributed by atoms with E-state index in [2.05, 4.69) is 14.2 Å². The van der Waals surface area contributed by atoms with E-state index in [4.69, 9.17) is 0 Å². The molecule has 1 saturated carbocycles. The van der Waals surface area contributed by atoms with Gasteiger partial charge >= 0.3 is 5.97 Å². The van der Waals surface area contributed by atoms with Gasteiger partial charge in [0.2, 0.25) is 20.0 Å². The van der Waals surface area contributed by atoms with E-state index in [1.165, 1.54) is 14.0 Å². The maximum absolute atomic E-state index is 12.0. The number of hydrogen-bond donors (Lipinski definition) is 2. The van der Waals surface area contributed by atoms with Crippen molar-refractivity contribution in [2.45, 2.75) is 38.1 Å². The molecule has 1 rings (SSSR count). The van der Waals surface area contributed by atoms with E-state index >= 15 is 0 Å². The lowest BCUT2D eigenvalue weighted by molar-refractivity contribution is -0.147. The smallest absolute Gasteiger partial charge is 0.327 e. The van der Waals surface area contributed by atoms with Gasteiger partial charge in [-0.05, 0) is 19.8 Å². The predicted molar refractivity (Wildman–Crippen MR) is 77.6 cm³/mol. The van der Waals surface area contributed by atoms with Crippen molar-refractivity contribution in [2.75, 3.05) is 25.2 Å². The lowest BCUT2D eigenvalue weighted by Gasteiger charge is -2.26. The standard InChI is InChI=1S/C11H22N2O6S2/c1-3-20(15,16)12-8-9-21(17,18)13-11(10(14)19-2)6-4-5-7-11/h12-13H,3-9H2,1-2H3. The highest BCUT2D eigenvalue weighted by molar-refractivity contribution is 7.90. The lowest BCUT2D eigenvalue weighted by Crippen LogP contribution is -2.54. The second-order valence-corrected chi connectivity index (χ2v) is 8.94. The van der Waals surface area contributed by atoms with Crippen molar-refractivity contribution in [3.63, 3.8) is 0 Å². The van der Waals surface area contributed by atoms with Gasteiger partial charge in [-0.15, -0.1) is 0 Å². The molecule has 1 aliphatic rings. The number of nitrogens with one attached hydrogen (secondary N) is 2. The van der Waals surface area contributed by atoms with Crippen molar-refractivity contribution in [1.82, 2.24) is 9.44 Å². The maximum Gasteiger partial charge on any atom is 0.327 e. The summed E-state index contributed by atoms with van der Waals surface area (Å²) in [5.74, 6) is -1.14. The van der Waals surface area contributed by atoms with Gasteiger partial charge in [0.1, 0.15) is 5.54 Å². The normalized spacial score (nSPS) is 18.6. The van der Waals surface area contributed by atoms with E-state index in [0.717, 1.165) is 12.8 Å². The Hall–Kier alpha value is -0.710. The Morgan fingerprint density at radius 2 is 1.71 bits per heavy atom. The zero-order chi connectivity index (χ0) is 16.1. The third-order valence-corrected chi connectivity index (χ3v) is 6.30. The van der Waals surface area contributed by atoms with Gasteiger partial charge in [-0.1, -0.05) is 12.8 Å². The minimum atomic E-state index is -3.79. The number of methoxy groups -OCH3 is 1. The monoisotopic (exact) mass is 342 g/mol. The summed E-state index contributed by atoms with van der Waals surface area (Å²) in [7, 11) is -6.01. The molecule has 0 aromatic rings. The minimum absolute atomic E-state index is 0.118. The Bertz CT molecular complexity index is 564. The van der Waals surface area contributed by atoms with E-state index in [9.17, 15) is 21.6 Å². The van der Waals surface area contributed by atoms with Gasteiger partial charge in [0.15, 0.2) is 0 Å². The van der Waals surface area contributed by atoms with Crippen molar-refractivity contribution in [3.8, 4) is 0 Å². The first-order valence-corrected chi connectivity index (χ1v) is 10.0. The van der Waals surface area contributed by atoms with Crippen LogP contribution >= 0.6 is 0 Å². The van der Waals surface area contributed by atoms with Gasteiger partial charge in [-0.25, -0.2) is 21.6 Å². The Labute approximate surface area is 125 Å². The summed E-state index contributed by atoms with van der Waals surface area (Å²) in [6.45, 7) is 1.22. The van der Waals surface area contributed by atoms with E-state index in [1.54, 1.807) is 0 Å². The summed E-state index contributed by atoms with van der Waals surface area (Å²) < 4.78 is 55.8. The third kappa shape index (κ3) is 5.20. The SMILES string of the molecule is CCS(=O)(=O)NCCS(=O)(=O)NC1(C(=O)OC)CCCC1.